The predicted octanol–water partition coefficient (Wildman–Crippen LogP) is 2.03. The number of hydrogen-bond donors (Lipinski definition) is 2. The smallest absolute Gasteiger partial charge is 0.177 e. The summed E-state index contributed by atoms with van der Waals surface area (Å²) in [6, 6.07) is 7.60. The minimum Gasteiger partial charge on any atom is -0.508 e. The van der Waals surface area contributed by atoms with E-state index in [9.17, 15) is 9.50 Å². The zero-order chi connectivity index (χ0) is 20.7. The summed E-state index contributed by atoms with van der Waals surface area (Å²) in [5.41, 5.74) is 1.88. The minimum atomic E-state index is -0.375. The van der Waals surface area contributed by atoms with Gasteiger partial charge in [-0.25, -0.2) is 14.1 Å². The SMILES string of the molecule is OCCc1cn(-c2cnc3ccc(N4CCC[C@@H]4c4cc(F)ccc4O)nn23)nn1. The first-order valence-electron chi connectivity index (χ1n) is 9.76. The third-order valence-corrected chi connectivity index (χ3v) is 5.37. The van der Waals surface area contributed by atoms with Crippen LogP contribution in [0.4, 0.5) is 10.2 Å². The van der Waals surface area contributed by atoms with Gasteiger partial charge >= 0.3 is 0 Å². The Bertz CT molecular complexity index is 1210. The van der Waals surface area contributed by atoms with Gasteiger partial charge in [0.15, 0.2) is 11.5 Å². The van der Waals surface area contributed by atoms with Crippen molar-refractivity contribution in [3.63, 3.8) is 0 Å². The van der Waals surface area contributed by atoms with E-state index in [2.05, 4.69) is 20.2 Å². The van der Waals surface area contributed by atoms with Gasteiger partial charge in [0.25, 0.3) is 0 Å². The van der Waals surface area contributed by atoms with Crippen molar-refractivity contribution in [1.29, 1.82) is 0 Å². The molecule has 1 aromatic carbocycles. The van der Waals surface area contributed by atoms with Crippen LogP contribution in [0.2, 0.25) is 0 Å². The highest BCUT2D eigenvalue weighted by molar-refractivity contribution is 5.52. The van der Waals surface area contributed by atoms with Crippen molar-refractivity contribution in [3.8, 4) is 11.6 Å². The standard InChI is InChI=1S/C20H20FN7O2/c21-13-3-4-17(30)15(10-13)16-2-1-8-26(16)19-6-5-18-22-11-20(28(18)24-19)27-12-14(7-9-29)23-25-27/h3-6,10-12,16,29-30H,1-2,7-9H2/t16-/m1/s1. The van der Waals surface area contributed by atoms with Gasteiger partial charge in [-0.3, -0.25) is 0 Å². The molecule has 0 unspecified atom stereocenters. The fourth-order valence-electron chi connectivity index (χ4n) is 3.96. The molecule has 4 aromatic rings. The molecular weight excluding hydrogens is 389 g/mol. The number of phenolic OH excluding ortho intramolecular Hbond substituents is 1. The molecule has 1 fully saturated rings. The maximum atomic E-state index is 13.8. The number of aromatic nitrogens is 6. The number of fused-ring (bicyclic) bond motifs is 1. The molecule has 9 nitrogen and oxygen atoms in total. The topological polar surface area (TPSA) is 105 Å². The summed E-state index contributed by atoms with van der Waals surface area (Å²) in [7, 11) is 0. The van der Waals surface area contributed by atoms with E-state index in [0.717, 1.165) is 19.4 Å². The van der Waals surface area contributed by atoms with Crippen molar-refractivity contribution in [2.24, 2.45) is 0 Å². The zero-order valence-corrected chi connectivity index (χ0v) is 16.1. The maximum absolute atomic E-state index is 13.8. The lowest BCUT2D eigenvalue weighted by atomic mass is 10.0. The Morgan fingerprint density at radius 3 is 2.97 bits per heavy atom. The molecule has 0 radical (unpaired) electrons. The lowest BCUT2D eigenvalue weighted by Crippen LogP contribution is -2.24. The van der Waals surface area contributed by atoms with Crippen molar-refractivity contribution in [2.75, 3.05) is 18.1 Å². The van der Waals surface area contributed by atoms with Crippen molar-refractivity contribution in [2.45, 2.75) is 25.3 Å². The van der Waals surface area contributed by atoms with E-state index < -0.39 is 0 Å². The molecule has 0 amide bonds. The van der Waals surface area contributed by atoms with Gasteiger partial charge in [0, 0.05) is 25.1 Å². The maximum Gasteiger partial charge on any atom is 0.177 e. The lowest BCUT2D eigenvalue weighted by molar-refractivity contribution is 0.298. The van der Waals surface area contributed by atoms with Crippen molar-refractivity contribution in [1.82, 2.24) is 29.6 Å². The van der Waals surface area contributed by atoms with E-state index in [-0.39, 0.29) is 24.2 Å². The molecule has 3 aromatic heterocycles. The average Bonchev–Trinajstić information content (AvgIpc) is 3.48. The Morgan fingerprint density at radius 2 is 2.10 bits per heavy atom. The Morgan fingerprint density at radius 1 is 1.20 bits per heavy atom. The van der Waals surface area contributed by atoms with Crippen LogP contribution in [0.25, 0.3) is 11.5 Å². The number of rotatable bonds is 5. The number of halogens is 1. The van der Waals surface area contributed by atoms with Gasteiger partial charge in [0.1, 0.15) is 17.4 Å². The van der Waals surface area contributed by atoms with Crippen molar-refractivity contribution >= 4 is 11.5 Å². The largest absolute Gasteiger partial charge is 0.508 e. The quantitative estimate of drug-likeness (QED) is 0.520. The highest BCUT2D eigenvalue weighted by Gasteiger charge is 2.30. The number of aliphatic hydroxyl groups excluding tert-OH is 1. The van der Waals surface area contributed by atoms with Crippen LogP contribution >= 0.6 is 0 Å². The number of benzene rings is 1. The number of anilines is 1. The van der Waals surface area contributed by atoms with Crippen LogP contribution in [-0.2, 0) is 6.42 Å². The van der Waals surface area contributed by atoms with Crippen LogP contribution in [0.1, 0.15) is 30.1 Å². The summed E-state index contributed by atoms with van der Waals surface area (Å²) in [6.45, 7) is 0.741. The molecular formula is C20H20FN7O2. The van der Waals surface area contributed by atoms with Gasteiger partial charge in [0.05, 0.1) is 24.1 Å². The minimum absolute atomic E-state index is 0.00246. The molecule has 30 heavy (non-hydrogen) atoms. The molecule has 0 spiro atoms. The second-order valence-electron chi connectivity index (χ2n) is 7.26. The number of aromatic hydroxyl groups is 1. The third-order valence-electron chi connectivity index (χ3n) is 5.37. The second-order valence-corrected chi connectivity index (χ2v) is 7.26. The fourth-order valence-corrected chi connectivity index (χ4v) is 3.96. The van der Waals surface area contributed by atoms with Gasteiger partial charge in [-0.05, 0) is 43.2 Å². The summed E-state index contributed by atoms with van der Waals surface area (Å²) in [6.07, 6.45) is 5.51. The van der Waals surface area contributed by atoms with E-state index >= 15 is 0 Å². The first kappa shape index (κ1) is 18.5. The van der Waals surface area contributed by atoms with Gasteiger partial charge in [-0.1, -0.05) is 5.21 Å². The summed E-state index contributed by atoms with van der Waals surface area (Å²) in [5.74, 6) is 1.02. The number of phenols is 1. The predicted molar refractivity (Wildman–Crippen MR) is 106 cm³/mol. The van der Waals surface area contributed by atoms with E-state index in [1.165, 1.54) is 18.2 Å². The Kier molecular flexibility index (Phi) is 4.55. The van der Waals surface area contributed by atoms with Crippen LogP contribution in [0.3, 0.4) is 0 Å². The average molecular weight is 409 g/mol. The van der Waals surface area contributed by atoms with E-state index in [1.807, 2.05) is 12.1 Å². The number of imidazole rings is 1. The van der Waals surface area contributed by atoms with Crippen LogP contribution in [0.5, 0.6) is 5.75 Å². The summed E-state index contributed by atoms with van der Waals surface area (Å²) < 4.78 is 17.1. The molecule has 1 aliphatic rings. The lowest BCUT2D eigenvalue weighted by Gasteiger charge is -2.26. The monoisotopic (exact) mass is 409 g/mol. The molecule has 2 N–H and O–H groups in total. The van der Waals surface area contributed by atoms with Crippen molar-refractivity contribution < 1.29 is 14.6 Å². The van der Waals surface area contributed by atoms with Crippen LogP contribution in [0, 0.1) is 5.82 Å². The Balaban J connectivity index is 1.53. The molecule has 1 aliphatic heterocycles. The summed E-state index contributed by atoms with van der Waals surface area (Å²) in [4.78, 5) is 6.44. The molecule has 0 bridgehead atoms. The van der Waals surface area contributed by atoms with Gasteiger partial charge in [-0.15, -0.1) is 10.2 Å². The highest BCUT2D eigenvalue weighted by atomic mass is 19.1. The zero-order valence-electron chi connectivity index (χ0n) is 16.1. The van der Waals surface area contributed by atoms with Gasteiger partial charge in [-0.2, -0.15) is 4.52 Å². The number of aliphatic hydroxyl groups is 1. The van der Waals surface area contributed by atoms with Crippen molar-refractivity contribution in [3.05, 3.63) is 59.8 Å². The third kappa shape index (κ3) is 3.14. The first-order valence-corrected chi connectivity index (χ1v) is 9.76. The molecule has 5 rings (SSSR count). The molecule has 0 saturated carbocycles. The Labute approximate surface area is 171 Å². The van der Waals surface area contributed by atoms with Gasteiger partial charge in [0.2, 0.25) is 0 Å². The fraction of sp³-hybridized carbons (Fsp3) is 0.300. The van der Waals surface area contributed by atoms with Gasteiger partial charge < -0.3 is 15.1 Å². The van der Waals surface area contributed by atoms with E-state index in [4.69, 9.17) is 10.2 Å². The molecule has 10 heteroatoms. The summed E-state index contributed by atoms with van der Waals surface area (Å²) >= 11 is 0. The molecule has 0 aliphatic carbocycles. The van der Waals surface area contributed by atoms with E-state index in [0.29, 0.717) is 35.0 Å². The van der Waals surface area contributed by atoms with Crippen LogP contribution in [0.15, 0.2) is 42.7 Å². The number of hydrogen-bond acceptors (Lipinski definition) is 7. The molecule has 1 saturated heterocycles. The highest BCUT2D eigenvalue weighted by Crippen LogP contribution is 2.39. The number of nitrogens with zero attached hydrogens (tertiary/aromatic N) is 7. The van der Waals surface area contributed by atoms with Crippen LogP contribution < -0.4 is 4.90 Å². The van der Waals surface area contributed by atoms with E-state index in [1.54, 1.807) is 21.6 Å². The molecule has 4 heterocycles. The first-order chi connectivity index (χ1) is 14.6. The Hall–Kier alpha value is -3.53. The molecule has 1 atom stereocenters. The molecule has 154 valence electrons. The summed E-state index contributed by atoms with van der Waals surface area (Å²) in [5, 5.41) is 32.3. The van der Waals surface area contributed by atoms with Crippen LogP contribution in [-0.4, -0.2) is 53.0 Å². The normalized spacial score (nSPS) is 16.6. The second kappa shape index (κ2) is 7.38.